The second-order valence-corrected chi connectivity index (χ2v) is 13.8. The standard InChI is InChI=1S/C33H40F3N5O5S/c1-23(42)39-47(43,44)26-9-10-29(31(21-26)45-3)37-15-5-6-25-20-27-28(7-4-8-30(27)41(25)22-33(34,35)36)38-24-11-13-32(2,14-12-24)40-16-18-46-19-17-40/h4,7-10,20-21,24,37-38H,11-19,22H2,1-3H3,(H,39,42)/t24-,32+. The highest BCUT2D eigenvalue weighted by Crippen LogP contribution is 2.37. The Kier molecular flexibility index (Phi) is 10.3. The first-order valence-electron chi connectivity index (χ1n) is 15.5. The van der Waals surface area contributed by atoms with Gasteiger partial charge in [-0.05, 0) is 68.9 Å². The molecule has 0 spiro atoms. The minimum atomic E-state index is -4.45. The van der Waals surface area contributed by atoms with Crippen LogP contribution >= 0.6 is 0 Å². The second-order valence-electron chi connectivity index (χ2n) is 12.2. The summed E-state index contributed by atoms with van der Waals surface area (Å²) >= 11 is 0. The molecule has 1 aromatic heterocycles. The molecule has 5 rings (SSSR count). The molecule has 2 aliphatic rings. The van der Waals surface area contributed by atoms with Gasteiger partial charge in [0, 0.05) is 48.7 Å². The molecular formula is C33H40F3N5O5S. The van der Waals surface area contributed by atoms with Gasteiger partial charge in [0.1, 0.15) is 12.3 Å². The number of carbonyl (C=O) groups is 1. The summed E-state index contributed by atoms with van der Waals surface area (Å²) < 4.78 is 79.7. The highest BCUT2D eigenvalue weighted by Gasteiger charge is 2.37. The Hall–Kier alpha value is -3.93. The normalized spacial score (nSPS) is 20.7. The van der Waals surface area contributed by atoms with Gasteiger partial charge in [-0.15, -0.1) is 0 Å². The molecule has 10 nitrogen and oxygen atoms in total. The molecular weight excluding hydrogens is 635 g/mol. The summed E-state index contributed by atoms with van der Waals surface area (Å²) in [5.41, 5.74) is 1.99. The van der Waals surface area contributed by atoms with Crippen molar-refractivity contribution in [2.75, 3.05) is 50.6 Å². The minimum Gasteiger partial charge on any atom is -0.495 e. The Morgan fingerprint density at radius 1 is 1.11 bits per heavy atom. The van der Waals surface area contributed by atoms with Crippen molar-refractivity contribution in [1.82, 2.24) is 14.2 Å². The Labute approximate surface area is 273 Å². The van der Waals surface area contributed by atoms with E-state index in [0.717, 1.165) is 64.6 Å². The molecule has 0 bridgehead atoms. The summed E-state index contributed by atoms with van der Waals surface area (Å²) in [5, 5.41) is 7.31. The number of sulfonamides is 1. The number of anilines is 2. The lowest BCUT2D eigenvalue weighted by Crippen LogP contribution is -2.54. The van der Waals surface area contributed by atoms with Crippen LogP contribution in [0.2, 0.25) is 0 Å². The van der Waals surface area contributed by atoms with Crippen molar-refractivity contribution in [3.8, 4) is 17.6 Å². The first-order chi connectivity index (χ1) is 22.3. The molecule has 47 heavy (non-hydrogen) atoms. The Bertz CT molecular complexity index is 1770. The van der Waals surface area contributed by atoms with Crippen LogP contribution in [0, 0.1) is 11.8 Å². The van der Waals surface area contributed by atoms with Gasteiger partial charge in [-0.2, -0.15) is 13.2 Å². The van der Waals surface area contributed by atoms with E-state index in [-0.39, 0.29) is 34.5 Å². The number of nitrogens with one attached hydrogen (secondary N) is 3. The number of rotatable bonds is 9. The lowest BCUT2D eigenvalue weighted by molar-refractivity contribution is -0.140. The second kappa shape index (κ2) is 14.0. The zero-order chi connectivity index (χ0) is 33.8. The molecule has 3 aromatic rings. The zero-order valence-electron chi connectivity index (χ0n) is 26.7. The number of nitrogens with zero attached hydrogens (tertiary/aromatic N) is 2. The van der Waals surface area contributed by atoms with Crippen molar-refractivity contribution in [1.29, 1.82) is 0 Å². The number of benzene rings is 2. The number of halogens is 3. The number of hydrogen-bond acceptors (Lipinski definition) is 8. The van der Waals surface area contributed by atoms with Crippen molar-refractivity contribution in [3.63, 3.8) is 0 Å². The number of alkyl halides is 3. The van der Waals surface area contributed by atoms with E-state index in [1.165, 1.54) is 29.9 Å². The van der Waals surface area contributed by atoms with Gasteiger partial charge in [0.15, 0.2) is 0 Å². The fraction of sp³-hybridized carbons (Fsp3) is 0.485. The van der Waals surface area contributed by atoms with Crippen LogP contribution in [0.3, 0.4) is 0 Å². The molecule has 2 heterocycles. The van der Waals surface area contributed by atoms with Gasteiger partial charge >= 0.3 is 6.18 Å². The molecule has 0 unspecified atom stereocenters. The highest BCUT2D eigenvalue weighted by molar-refractivity contribution is 7.90. The number of amides is 1. The smallest absolute Gasteiger partial charge is 0.406 e. The van der Waals surface area contributed by atoms with E-state index >= 15 is 0 Å². The van der Waals surface area contributed by atoms with Crippen LogP contribution in [-0.4, -0.2) is 81.5 Å². The lowest BCUT2D eigenvalue weighted by atomic mass is 9.79. The topological polar surface area (TPSA) is 114 Å². The average Bonchev–Trinajstić information content (AvgIpc) is 3.36. The largest absolute Gasteiger partial charge is 0.495 e. The molecule has 0 radical (unpaired) electrons. The van der Waals surface area contributed by atoms with Gasteiger partial charge in [-0.3, -0.25) is 9.69 Å². The lowest BCUT2D eigenvalue weighted by Gasteiger charge is -2.47. The summed E-state index contributed by atoms with van der Waals surface area (Å²) in [4.78, 5) is 13.6. The third-order valence-corrected chi connectivity index (χ3v) is 10.3. The quantitative estimate of drug-likeness (QED) is 0.274. The minimum absolute atomic E-state index is 0.0385. The van der Waals surface area contributed by atoms with Crippen LogP contribution in [-0.2, 0) is 26.1 Å². The van der Waals surface area contributed by atoms with E-state index in [4.69, 9.17) is 9.47 Å². The number of morpholine rings is 1. The molecule has 1 saturated carbocycles. The fourth-order valence-electron chi connectivity index (χ4n) is 6.39. The van der Waals surface area contributed by atoms with Crippen LogP contribution in [0.1, 0.15) is 45.2 Å². The maximum Gasteiger partial charge on any atom is 0.406 e. The summed E-state index contributed by atoms with van der Waals surface area (Å²) in [5.74, 6) is 5.24. The first-order valence-corrected chi connectivity index (χ1v) is 17.0. The summed E-state index contributed by atoms with van der Waals surface area (Å²) in [6, 6.07) is 11.3. The Morgan fingerprint density at radius 2 is 1.83 bits per heavy atom. The summed E-state index contributed by atoms with van der Waals surface area (Å²) in [6.45, 7) is 5.64. The molecule has 3 N–H and O–H groups in total. The zero-order valence-corrected chi connectivity index (χ0v) is 27.5. The van der Waals surface area contributed by atoms with Gasteiger partial charge in [0.25, 0.3) is 10.0 Å². The molecule has 1 amide bonds. The molecule has 0 atom stereocenters. The van der Waals surface area contributed by atoms with E-state index < -0.39 is 28.7 Å². The number of methoxy groups -OCH3 is 1. The molecule has 1 aliphatic carbocycles. The molecule has 2 aromatic carbocycles. The molecule has 1 saturated heterocycles. The van der Waals surface area contributed by atoms with Gasteiger partial charge in [0.2, 0.25) is 5.91 Å². The average molecular weight is 676 g/mol. The maximum atomic E-state index is 13.7. The Morgan fingerprint density at radius 3 is 2.49 bits per heavy atom. The fourth-order valence-corrected chi connectivity index (χ4v) is 7.40. The van der Waals surface area contributed by atoms with E-state index in [0.29, 0.717) is 16.6 Å². The first kappa shape index (κ1) is 34.4. The maximum absolute atomic E-state index is 13.7. The number of aromatic nitrogens is 1. The SMILES string of the molecule is COc1cc(S(=O)(=O)NC(C)=O)ccc1NCC#Cc1cc2c(N[C@H]3CC[C@@](C)(N4CCOCC4)CC3)cccc2n1CC(F)(F)F. The van der Waals surface area contributed by atoms with E-state index in [1.807, 2.05) is 10.8 Å². The van der Waals surface area contributed by atoms with Gasteiger partial charge < -0.3 is 24.7 Å². The van der Waals surface area contributed by atoms with E-state index in [2.05, 4.69) is 34.3 Å². The molecule has 254 valence electrons. The molecule has 1 aliphatic heterocycles. The van der Waals surface area contributed by atoms with Crippen molar-refractivity contribution in [2.24, 2.45) is 0 Å². The van der Waals surface area contributed by atoms with Crippen LogP contribution in [0.25, 0.3) is 10.9 Å². The van der Waals surface area contributed by atoms with E-state index in [9.17, 15) is 26.4 Å². The van der Waals surface area contributed by atoms with Crippen LogP contribution in [0.4, 0.5) is 24.5 Å². The van der Waals surface area contributed by atoms with Gasteiger partial charge in [-0.25, -0.2) is 13.1 Å². The molecule has 2 fully saturated rings. The molecule has 14 heteroatoms. The van der Waals surface area contributed by atoms with Crippen molar-refractivity contribution >= 4 is 38.2 Å². The van der Waals surface area contributed by atoms with Crippen LogP contribution < -0.4 is 20.1 Å². The van der Waals surface area contributed by atoms with Crippen LogP contribution in [0.5, 0.6) is 5.75 Å². The predicted octanol–water partition coefficient (Wildman–Crippen LogP) is 4.95. The predicted molar refractivity (Wildman–Crippen MR) is 174 cm³/mol. The van der Waals surface area contributed by atoms with E-state index in [1.54, 1.807) is 18.2 Å². The number of carbonyl (C=O) groups excluding carboxylic acids is 1. The number of ether oxygens (including phenoxy) is 2. The summed E-state index contributed by atoms with van der Waals surface area (Å²) in [6.07, 6.45) is -0.495. The van der Waals surface area contributed by atoms with Crippen molar-refractivity contribution in [3.05, 3.63) is 48.2 Å². The highest BCUT2D eigenvalue weighted by atomic mass is 32.2. The van der Waals surface area contributed by atoms with Crippen molar-refractivity contribution < 1.29 is 35.9 Å². The van der Waals surface area contributed by atoms with Gasteiger partial charge in [0.05, 0.1) is 48.7 Å². The third-order valence-electron chi connectivity index (χ3n) is 8.83. The number of fused-ring (bicyclic) bond motifs is 1. The van der Waals surface area contributed by atoms with Crippen LogP contribution in [0.15, 0.2) is 47.4 Å². The summed E-state index contributed by atoms with van der Waals surface area (Å²) in [7, 11) is -2.71. The van der Waals surface area contributed by atoms with Crippen molar-refractivity contribution in [2.45, 2.75) is 68.7 Å². The number of hydrogen-bond donors (Lipinski definition) is 3. The Balaban J connectivity index is 1.33. The van der Waals surface area contributed by atoms with Gasteiger partial charge in [-0.1, -0.05) is 12.0 Å². The third kappa shape index (κ3) is 8.33. The monoisotopic (exact) mass is 675 g/mol.